The van der Waals surface area contributed by atoms with Crippen molar-refractivity contribution in [2.45, 2.75) is 31.1 Å². The molecular weight excluding hydrogens is 392 g/mol. The predicted octanol–water partition coefficient (Wildman–Crippen LogP) is 3.54. The summed E-state index contributed by atoms with van der Waals surface area (Å²) < 4.78 is 35.0. The first-order valence-corrected chi connectivity index (χ1v) is 10.8. The first kappa shape index (κ1) is 20.8. The van der Waals surface area contributed by atoms with Crippen LogP contribution in [0.1, 0.15) is 25.7 Å². The van der Waals surface area contributed by atoms with Gasteiger partial charge in [-0.05, 0) is 19.4 Å². The summed E-state index contributed by atoms with van der Waals surface area (Å²) in [6.45, 7) is 2.10. The van der Waals surface area contributed by atoms with E-state index in [2.05, 4.69) is 4.98 Å². The molecule has 2 N–H and O–H groups in total. The Morgan fingerprint density at radius 1 is 1.10 bits per heavy atom. The maximum Gasteiger partial charge on any atom is 0.305 e. The number of rotatable bonds is 8. The Labute approximate surface area is 169 Å². The maximum atomic E-state index is 12.1. The van der Waals surface area contributed by atoms with Crippen LogP contribution in [0.5, 0.6) is 0 Å². The summed E-state index contributed by atoms with van der Waals surface area (Å²) in [7, 11) is -3.95. The molecule has 0 aliphatic rings. The summed E-state index contributed by atoms with van der Waals surface area (Å²) in [5, 5.41) is 5.39. The first-order chi connectivity index (χ1) is 13.9. The fourth-order valence-electron chi connectivity index (χ4n) is 2.97. The van der Waals surface area contributed by atoms with E-state index in [1.54, 1.807) is 25.1 Å². The molecule has 0 fully saturated rings. The van der Waals surface area contributed by atoms with Gasteiger partial charge in [-0.2, -0.15) is 0 Å². The van der Waals surface area contributed by atoms with Gasteiger partial charge in [-0.1, -0.05) is 48.5 Å². The van der Waals surface area contributed by atoms with Gasteiger partial charge in [-0.25, -0.2) is 18.5 Å². The molecule has 1 aromatic heterocycles. The molecule has 3 aromatic rings. The molecule has 0 aliphatic heterocycles. The molecule has 0 spiro atoms. The number of hydrogen-bond donors (Lipinski definition) is 1. The van der Waals surface area contributed by atoms with Crippen LogP contribution >= 0.6 is 0 Å². The third-order valence-corrected chi connectivity index (χ3v) is 5.20. The first-order valence-electron chi connectivity index (χ1n) is 9.23. The Morgan fingerprint density at radius 2 is 1.79 bits per heavy atom. The minimum atomic E-state index is -3.95. The average molecular weight is 414 g/mol. The molecule has 3 rings (SSSR count). The van der Waals surface area contributed by atoms with Gasteiger partial charge < -0.3 is 9.15 Å². The van der Waals surface area contributed by atoms with Crippen LogP contribution in [0.25, 0.3) is 22.6 Å². The second-order valence-corrected chi connectivity index (χ2v) is 7.88. The second-order valence-electron chi connectivity index (χ2n) is 6.35. The molecule has 0 amide bonds. The molecule has 2 aromatic carbocycles. The van der Waals surface area contributed by atoms with Gasteiger partial charge in [-0.15, -0.1) is 0 Å². The molecule has 0 aliphatic carbocycles. The van der Waals surface area contributed by atoms with Crippen molar-refractivity contribution in [3.05, 3.63) is 60.5 Å². The van der Waals surface area contributed by atoms with Crippen LogP contribution in [-0.4, -0.2) is 26.0 Å². The number of hydrogen-bond acceptors (Lipinski definition) is 6. The molecule has 1 heterocycles. The van der Waals surface area contributed by atoms with Crippen molar-refractivity contribution in [3.63, 3.8) is 0 Å². The number of carbonyl (C=O) groups excluding carboxylic acids is 1. The Balaban J connectivity index is 2.00. The van der Waals surface area contributed by atoms with Crippen LogP contribution in [0.15, 0.2) is 63.9 Å². The topological polar surface area (TPSA) is 112 Å². The zero-order valence-electron chi connectivity index (χ0n) is 16.0. The summed E-state index contributed by atoms with van der Waals surface area (Å²) in [6, 6.07) is 15.7. The lowest BCUT2D eigenvalue weighted by atomic mass is 10.1. The fraction of sp³-hybridized carbons (Fsp3) is 0.238. The molecule has 7 nitrogen and oxygen atoms in total. The standard InChI is InChI=1S/C21H22N2O5S/c1-2-27-19(24)14-8-13-18-23-20(21(28-18)15-9-4-3-5-10-15)16-11-6-7-12-17(16)29(22,25)26/h3-7,9-12H,2,8,13-14H2,1H3,(H2,22,25,26). The van der Waals surface area contributed by atoms with E-state index in [9.17, 15) is 13.2 Å². The van der Waals surface area contributed by atoms with Gasteiger partial charge in [0.2, 0.25) is 10.0 Å². The quantitative estimate of drug-likeness (QED) is 0.564. The van der Waals surface area contributed by atoms with E-state index in [1.807, 2.05) is 30.3 Å². The normalized spacial score (nSPS) is 11.4. The fourth-order valence-corrected chi connectivity index (χ4v) is 3.71. The lowest BCUT2D eigenvalue weighted by Gasteiger charge is -2.06. The van der Waals surface area contributed by atoms with Crippen LogP contribution in [0.4, 0.5) is 0 Å². The SMILES string of the molecule is CCOC(=O)CCCc1nc(-c2ccccc2S(N)(=O)=O)c(-c2ccccc2)o1. The Morgan fingerprint density at radius 3 is 2.48 bits per heavy atom. The molecule has 0 bridgehead atoms. The number of benzene rings is 2. The highest BCUT2D eigenvalue weighted by Gasteiger charge is 2.23. The van der Waals surface area contributed by atoms with Crippen molar-refractivity contribution >= 4 is 16.0 Å². The van der Waals surface area contributed by atoms with E-state index in [4.69, 9.17) is 14.3 Å². The number of nitrogens with zero attached hydrogens (tertiary/aromatic N) is 1. The summed E-state index contributed by atoms with van der Waals surface area (Å²) in [5.41, 5.74) is 1.53. The van der Waals surface area contributed by atoms with Crippen LogP contribution in [-0.2, 0) is 26.0 Å². The Hall–Kier alpha value is -2.97. The molecule has 0 radical (unpaired) electrons. The van der Waals surface area contributed by atoms with E-state index in [1.165, 1.54) is 6.07 Å². The van der Waals surface area contributed by atoms with Gasteiger partial charge in [0, 0.05) is 24.0 Å². The van der Waals surface area contributed by atoms with E-state index < -0.39 is 10.0 Å². The predicted molar refractivity (Wildman–Crippen MR) is 108 cm³/mol. The zero-order valence-corrected chi connectivity index (χ0v) is 16.8. The van der Waals surface area contributed by atoms with Gasteiger partial charge >= 0.3 is 5.97 Å². The van der Waals surface area contributed by atoms with Gasteiger partial charge in [-0.3, -0.25) is 4.79 Å². The van der Waals surface area contributed by atoms with Crippen molar-refractivity contribution < 1.29 is 22.4 Å². The smallest absolute Gasteiger partial charge is 0.305 e. The number of primary sulfonamides is 1. The molecule has 152 valence electrons. The molecule has 29 heavy (non-hydrogen) atoms. The van der Waals surface area contributed by atoms with Crippen molar-refractivity contribution in [3.8, 4) is 22.6 Å². The second kappa shape index (κ2) is 9.02. The summed E-state index contributed by atoms with van der Waals surface area (Å²) in [6.07, 6.45) is 1.17. The number of esters is 1. The average Bonchev–Trinajstić information content (AvgIpc) is 3.12. The van der Waals surface area contributed by atoms with Crippen LogP contribution in [0.2, 0.25) is 0 Å². The molecule has 8 heteroatoms. The molecule has 0 saturated carbocycles. The zero-order chi connectivity index (χ0) is 20.9. The van der Waals surface area contributed by atoms with Crippen LogP contribution < -0.4 is 5.14 Å². The van der Waals surface area contributed by atoms with Crippen molar-refractivity contribution in [1.82, 2.24) is 4.98 Å². The van der Waals surface area contributed by atoms with Gasteiger partial charge in [0.25, 0.3) is 0 Å². The molecular formula is C21H22N2O5S. The van der Waals surface area contributed by atoms with Crippen molar-refractivity contribution in [2.24, 2.45) is 5.14 Å². The highest BCUT2D eigenvalue weighted by molar-refractivity contribution is 7.89. The largest absolute Gasteiger partial charge is 0.466 e. The number of carbonyl (C=O) groups is 1. The van der Waals surface area contributed by atoms with Crippen molar-refractivity contribution in [1.29, 1.82) is 0 Å². The number of sulfonamides is 1. The van der Waals surface area contributed by atoms with E-state index >= 15 is 0 Å². The summed E-state index contributed by atoms with van der Waals surface area (Å²) in [4.78, 5) is 16.1. The summed E-state index contributed by atoms with van der Waals surface area (Å²) in [5.74, 6) is 0.586. The van der Waals surface area contributed by atoms with E-state index in [-0.39, 0.29) is 17.3 Å². The van der Waals surface area contributed by atoms with Crippen molar-refractivity contribution in [2.75, 3.05) is 6.61 Å². The maximum absolute atomic E-state index is 12.1. The van der Waals surface area contributed by atoms with Gasteiger partial charge in [0.05, 0.1) is 11.5 Å². The molecule has 0 unspecified atom stereocenters. The van der Waals surface area contributed by atoms with Crippen LogP contribution in [0.3, 0.4) is 0 Å². The summed E-state index contributed by atoms with van der Waals surface area (Å²) >= 11 is 0. The third kappa shape index (κ3) is 5.10. The monoisotopic (exact) mass is 414 g/mol. The lowest BCUT2D eigenvalue weighted by molar-refractivity contribution is -0.143. The minimum Gasteiger partial charge on any atom is -0.466 e. The van der Waals surface area contributed by atoms with E-state index in [0.29, 0.717) is 42.4 Å². The van der Waals surface area contributed by atoms with E-state index in [0.717, 1.165) is 5.56 Å². The Bertz CT molecular complexity index is 1090. The number of oxazole rings is 1. The van der Waals surface area contributed by atoms with Crippen LogP contribution in [0, 0.1) is 0 Å². The molecule has 0 saturated heterocycles. The van der Waals surface area contributed by atoms with Gasteiger partial charge in [0.1, 0.15) is 5.69 Å². The Kier molecular flexibility index (Phi) is 6.46. The lowest BCUT2D eigenvalue weighted by Crippen LogP contribution is -2.13. The molecule has 0 atom stereocenters. The number of nitrogens with two attached hydrogens (primary N) is 1. The highest BCUT2D eigenvalue weighted by Crippen LogP contribution is 2.35. The third-order valence-electron chi connectivity index (χ3n) is 4.23. The minimum absolute atomic E-state index is 0.0245. The number of aryl methyl sites for hydroxylation is 1. The van der Waals surface area contributed by atoms with Gasteiger partial charge in [0.15, 0.2) is 11.7 Å². The highest BCUT2D eigenvalue weighted by atomic mass is 32.2. The number of aromatic nitrogens is 1. The number of ether oxygens (including phenoxy) is 1.